The number of aromatic carboxylic acids is 1. The van der Waals surface area contributed by atoms with Crippen molar-refractivity contribution in [3.8, 4) is 11.8 Å². The fourth-order valence-electron chi connectivity index (χ4n) is 2.52. The van der Waals surface area contributed by atoms with E-state index in [0.717, 1.165) is 22.2 Å². The van der Waals surface area contributed by atoms with Crippen LogP contribution < -0.4 is 0 Å². The number of benzene rings is 2. The Kier molecular flexibility index (Phi) is 2.96. The van der Waals surface area contributed by atoms with Crippen molar-refractivity contribution in [2.75, 3.05) is 0 Å². The predicted molar refractivity (Wildman–Crippen MR) is 79.7 cm³/mol. The summed E-state index contributed by atoms with van der Waals surface area (Å²) in [5.41, 5.74) is 3.72. The van der Waals surface area contributed by atoms with Crippen LogP contribution in [-0.4, -0.2) is 15.6 Å². The number of carboxylic acids is 1. The maximum Gasteiger partial charge on any atom is 0.335 e. The molecule has 4 heteroatoms. The molecule has 3 rings (SSSR count). The normalized spacial score (nSPS) is 10.5. The van der Waals surface area contributed by atoms with Gasteiger partial charge in [-0.2, -0.15) is 5.26 Å². The van der Waals surface area contributed by atoms with Gasteiger partial charge in [-0.15, -0.1) is 0 Å². The van der Waals surface area contributed by atoms with Crippen molar-refractivity contribution >= 4 is 16.9 Å². The summed E-state index contributed by atoms with van der Waals surface area (Å²) in [7, 11) is 0. The average molecular weight is 276 g/mol. The molecule has 0 atom stereocenters. The van der Waals surface area contributed by atoms with E-state index in [-0.39, 0.29) is 5.56 Å². The number of nitriles is 1. The molecule has 3 aromatic rings. The minimum atomic E-state index is -0.951. The zero-order chi connectivity index (χ0) is 15.0. The van der Waals surface area contributed by atoms with Crippen molar-refractivity contribution in [1.82, 2.24) is 4.57 Å². The van der Waals surface area contributed by atoms with Gasteiger partial charge in [0, 0.05) is 17.3 Å². The zero-order valence-electron chi connectivity index (χ0n) is 11.4. The van der Waals surface area contributed by atoms with Gasteiger partial charge in [0.15, 0.2) is 0 Å². The van der Waals surface area contributed by atoms with Crippen molar-refractivity contribution in [2.24, 2.45) is 0 Å². The number of hydrogen-bond acceptors (Lipinski definition) is 2. The van der Waals surface area contributed by atoms with Crippen LogP contribution in [0.5, 0.6) is 0 Å². The molecule has 0 aliphatic carbocycles. The van der Waals surface area contributed by atoms with Crippen LogP contribution in [-0.2, 0) is 0 Å². The van der Waals surface area contributed by atoms with Crippen molar-refractivity contribution in [1.29, 1.82) is 5.26 Å². The molecule has 0 fully saturated rings. The molecule has 0 radical (unpaired) electrons. The van der Waals surface area contributed by atoms with Crippen LogP contribution >= 0.6 is 0 Å². The Morgan fingerprint density at radius 3 is 2.52 bits per heavy atom. The van der Waals surface area contributed by atoms with Gasteiger partial charge in [-0.05, 0) is 36.8 Å². The van der Waals surface area contributed by atoms with Gasteiger partial charge < -0.3 is 9.67 Å². The van der Waals surface area contributed by atoms with E-state index in [1.165, 1.54) is 0 Å². The molecule has 2 aromatic carbocycles. The molecule has 0 aliphatic heterocycles. The molecule has 102 valence electrons. The van der Waals surface area contributed by atoms with Crippen molar-refractivity contribution in [3.63, 3.8) is 0 Å². The number of hydrogen-bond donors (Lipinski definition) is 1. The number of aryl methyl sites for hydroxylation is 1. The van der Waals surface area contributed by atoms with Crippen LogP contribution in [0.3, 0.4) is 0 Å². The number of carbonyl (C=O) groups is 1. The average Bonchev–Trinajstić information content (AvgIpc) is 2.87. The third kappa shape index (κ3) is 2.05. The Bertz CT molecular complexity index is 884. The van der Waals surface area contributed by atoms with Gasteiger partial charge in [0.2, 0.25) is 0 Å². The first-order chi connectivity index (χ1) is 10.1. The van der Waals surface area contributed by atoms with E-state index in [1.54, 1.807) is 30.5 Å². The summed E-state index contributed by atoms with van der Waals surface area (Å²) in [6, 6.07) is 14.7. The van der Waals surface area contributed by atoms with Gasteiger partial charge in [0.25, 0.3) is 0 Å². The van der Waals surface area contributed by atoms with E-state index in [2.05, 4.69) is 6.07 Å². The molecule has 0 spiro atoms. The Balaban J connectivity index is 2.25. The van der Waals surface area contributed by atoms with Gasteiger partial charge in [-0.3, -0.25) is 0 Å². The Hall–Kier alpha value is -3.06. The second-order valence-electron chi connectivity index (χ2n) is 4.85. The molecule has 1 heterocycles. The lowest BCUT2D eigenvalue weighted by Crippen LogP contribution is -1.98. The summed E-state index contributed by atoms with van der Waals surface area (Å²) < 4.78 is 1.93. The molecule has 0 saturated carbocycles. The van der Waals surface area contributed by atoms with Gasteiger partial charge in [-0.1, -0.05) is 18.2 Å². The minimum Gasteiger partial charge on any atom is -0.478 e. The van der Waals surface area contributed by atoms with E-state index < -0.39 is 5.97 Å². The maximum atomic E-state index is 10.9. The summed E-state index contributed by atoms with van der Waals surface area (Å²) in [5.74, 6) is -0.951. The standard InChI is InChI=1S/C17H12N2O2/c1-11-3-2-4-15-13(9-18)10-19(16(11)15)14-7-5-12(6-8-14)17(20)21/h2-8,10H,1H3,(H,20,21). The predicted octanol–water partition coefficient (Wildman–Crippen LogP) is 3.51. The highest BCUT2D eigenvalue weighted by Gasteiger charge is 2.12. The molecule has 21 heavy (non-hydrogen) atoms. The summed E-state index contributed by atoms with van der Waals surface area (Å²) in [4.78, 5) is 10.9. The molecular weight excluding hydrogens is 264 g/mol. The molecular formula is C17H12N2O2. The third-order valence-corrected chi connectivity index (χ3v) is 3.54. The summed E-state index contributed by atoms with van der Waals surface area (Å²) in [5, 5.41) is 19.1. The van der Waals surface area contributed by atoms with Crippen molar-refractivity contribution in [2.45, 2.75) is 6.92 Å². The van der Waals surface area contributed by atoms with E-state index in [4.69, 9.17) is 5.11 Å². The quantitative estimate of drug-likeness (QED) is 0.778. The Morgan fingerprint density at radius 2 is 1.90 bits per heavy atom. The van der Waals surface area contributed by atoms with Crippen LogP contribution in [0.4, 0.5) is 0 Å². The molecule has 0 amide bonds. The topological polar surface area (TPSA) is 66.0 Å². The number of carboxylic acid groups (broad SMARTS) is 1. The lowest BCUT2D eigenvalue weighted by Gasteiger charge is -2.07. The highest BCUT2D eigenvalue weighted by molar-refractivity contribution is 5.91. The van der Waals surface area contributed by atoms with Crippen LogP contribution in [0.25, 0.3) is 16.6 Å². The summed E-state index contributed by atoms with van der Waals surface area (Å²) in [6.45, 7) is 1.99. The number of para-hydroxylation sites is 1. The Labute approximate surface area is 121 Å². The number of nitrogens with zero attached hydrogens (tertiary/aromatic N) is 2. The fourth-order valence-corrected chi connectivity index (χ4v) is 2.52. The molecule has 1 N–H and O–H groups in total. The van der Waals surface area contributed by atoms with Crippen LogP contribution in [0.2, 0.25) is 0 Å². The fraction of sp³-hybridized carbons (Fsp3) is 0.0588. The molecule has 1 aromatic heterocycles. The number of fused-ring (bicyclic) bond motifs is 1. The van der Waals surface area contributed by atoms with E-state index >= 15 is 0 Å². The molecule has 0 unspecified atom stereocenters. The minimum absolute atomic E-state index is 0.243. The summed E-state index contributed by atoms with van der Waals surface area (Å²) >= 11 is 0. The second-order valence-corrected chi connectivity index (χ2v) is 4.85. The van der Waals surface area contributed by atoms with E-state index in [1.807, 2.05) is 29.7 Å². The molecule has 0 aliphatic rings. The van der Waals surface area contributed by atoms with Crippen LogP contribution in [0.15, 0.2) is 48.7 Å². The van der Waals surface area contributed by atoms with Gasteiger partial charge in [0.05, 0.1) is 16.6 Å². The third-order valence-electron chi connectivity index (χ3n) is 3.54. The second kappa shape index (κ2) is 4.80. The lowest BCUT2D eigenvalue weighted by molar-refractivity contribution is 0.0697. The first kappa shape index (κ1) is 12.9. The number of aromatic nitrogens is 1. The SMILES string of the molecule is Cc1cccc2c(C#N)cn(-c3ccc(C(=O)O)cc3)c12. The van der Waals surface area contributed by atoms with Crippen molar-refractivity contribution < 1.29 is 9.90 Å². The molecule has 0 saturated heterocycles. The first-order valence-electron chi connectivity index (χ1n) is 6.46. The van der Waals surface area contributed by atoms with Gasteiger partial charge in [-0.25, -0.2) is 4.79 Å². The molecule has 4 nitrogen and oxygen atoms in total. The van der Waals surface area contributed by atoms with Crippen molar-refractivity contribution in [3.05, 3.63) is 65.4 Å². The number of rotatable bonds is 2. The van der Waals surface area contributed by atoms with E-state index in [0.29, 0.717) is 5.56 Å². The molecule has 0 bridgehead atoms. The largest absolute Gasteiger partial charge is 0.478 e. The highest BCUT2D eigenvalue weighted by Crippen LogP contribution is 2.27. The smallest absolute Gasteiger partial charge is 0.335 e. The first-order valence-corrected chi connectivity index (χ1v) is 6.46. The zero-order valence-corrected chi connectivity index (χ0v) is 11.4. The van der Waals surface area contributed by atoms with Gasteiger partial charge in [0.1, 0.15) is 6.07 Å². The highest BCUT2D eigenvalue weighted by atomic mass is 16.4. The Morgan fingerprint density at radius 1 is 1.19 bits per heavy atom. The van der Waals surface area contributed by atoms with E-state index in [9.17, 15) is 10.1 Å². The van der Waals surface area contributed by atoms with Gasteiger partial charge >= 0.3 is 5.97 Å². The lowest BCUT2D eigenvalue weighted by atomic mass is 10.1. The summed E-state index contributed by atoms with van der Waals surface area (Å²) in [6.07, 6.45) is 1.79. The van der Waals surface area contributed by atoms with Crippen LogP contribution in [0.1, 0.15) is 21.5 Å². The maximum absolute atomic E-state index is 10.9. The monoisotopic (exact) mass is 276 g/mol. The van der Waals surface area contributed by atoms with Crippen LogP contribution in [0, 0.1) is 18.3 Å².